The Morgan fingerprint density at radius 2 is 2.14 bits per heavy atom. The van der Waals surface area contributed by atoms with E-state index in [1.807, 2.05) is 6.92 Å². The molecular weight excluding hydrogens is 292 g/mol. The molecule has 9 heteroatoms. The normalized spacial score (nSPS) is 11.6. The maximum Gasteiger partial charge on any atom is 0.182 e. The molecule has 114 valence electrons. The highest BCUT2D eigenvalue weighted by atomic mass is 32.2. The molecule has 2 N–H and O–H groups in total. The van der Waals surface area contributed by atoms with Crippen LogP contribution in [-0.4, -0.2) is 48.0 Å². The number of hydrogen-bond acceptors (Lipinski definition) is 7. The van der Waals surface area contributed by atoms with Gasteiger partial charge in [-0.1, -0.05) is 6.92 Å². The van der Waals surface area contributed by atoms with E-state index in [9.17, 15) is 8.42 Å². The fourth-order valence-corrected chi connectivity index (χ4v) is 3.03. The van der Waals surface area contributed by atoms with Gasteiger partial charge in [-0.05, 0) is 6.42 Å². The maximum atomic E-state index is 12.0. The van der Waals surface area contributed by atoms with E-state index in [0.29, 0.717) is 18.2 Å². The first-order valence-corrected chi connectivity index (χ1v) is 8.31. The minimum atomic E-state index is -3.51. The van der Waals surface area contributed by atoms with Crippen molar-refractivity contribution in [3.8, 4) is 5.82 Å². The van der Waals surface area contributed by atoms with Crippen LogP contribution in [0.4, 0.5) is 11.6 Å². The predicted octanol–water partition coefficient (Wildman–Crippen LogP) is 0.494. The van der Waals surface area contributed by atoms with Crippen LogP contribution in [0, 0.1) is 0 Å². The molecule has 21 heavy (non-hydrogen) atoms. The Balaban J connectivity index is 2.66. The second-order valence-electron chi connectivity index (χ2n) is 4.71. The van der Waals surface area contributed by atoms with Gasteiger partial charge in [0.15, 0.2) is 26.4 Å². The molecular formula is C12H18N6O2S. The molecule has 0 unspecified atom stereocenters. The van der Waals surface area contributed by atoms with Crippen LogP contribution in [0.3, 0.4) is 0 Å². The van der Waals surface area contributed by atoms with E-state index in [1.165, 1.54) is 11.0 Å². The Hall–Kier alpha value is -2.16. The first-order chi connectivity index (χ1) is 9.86. The van der Waals surface area contributed by atoms with Crippen LogP contribution in [0.15, 0.2) is 23.5 Å². The monoisotopic (exact) mass is 310 g/mol. The summed E-state index contributed by atoms with van der Waals surface area (Å²) in [6, 6.07) is 1.61. The smallest absolute Gasteiger partial charge is 0.182 e. The average molecular weight is 310 g/mol. The Kier molecular flexibility index (Phi) is 4.12. The van der Waals surface area contributed by atoms with E-state index < -0.39 is 9.84 Å². The number of nitrogen functional groups attached to an aromatic ring is 1. The first-order valence-electron chi connectivity index (χ1n) is 6.42. The number of nitrogens with two attached hydrogens (primary N) is 1. The zero-order valence-electron chi connectivity index (χ0n) is 12.2. The van der Waals surface area contributed by atoms with Crippen LogP contribution < -0.4 is 10.6 Å². The standard InChI is InChI=1S/C12H18N6O2S/c1-4-7-17(2)12-10(21(3,19)20)11(13)18(16-12)9-5-6-14-8-15-9/h5-6,8H,4,7,13H2,1-3H3. The van der Waals surface area contributed by atoms with Crippen molar-refractivity contribution in [3.05, 3.63) is 18.6 Å². The van der Waals surface area contributed by atoms with Gasteiger partial charge in [-0.3, -0.25) is 0 Å². The van der Waals surface area contributed by atoms with Gasteiger partial charge in [-0.15, -0.1) is 5.10 Å². The highest BCUT2D eigenvalue weighted by Crippen LogP contribution is 2.30. The molecule has 0 aliphatic heterocycles. The molecule has 0 aliphatic rings. The van der Waals surface area contributed by atoms with Gasteiger partial charge in [0.05, 0.1) is 0 Å². The minimum absolute atomic E-state index is 0.0251. The lowest BCUT2D eigenvalue weighted by molar-refractivity contribution is 0.602. The van der Waals surface area contributed by atoms with Crippen molar-refractivity contribution in [2.24, 2.45) is 0 Å². The summed E-state index contributed by atoms with van der Waals surface area (Å²) in [4.78, 5) is 9.66. The minimum Gasteiger partial charge on any atom is -0.382 e. The number of aromatic nitrogens is 4. The number of rotatable bonds is 5. The molecule has 0 atom stereocenters. The Bertz CT molecular complexity index is 726. The zero-order valence-corrected chi connectivity index (χ0v) is 13.0. The number of nitrogens with zero attached hydrogens (tertiary/aromatic N) is 5. The SMILES string of the molecule is CCCN(C)c1nn(-c2ccncn2)c(N)c1S(C)(=O)=O. The third-order valence-corrected chi connectivity index (χ3v) is 4.07. The van der Waals surface area contributed by atoms with Gasteiger partial charge in [0, 0.05) is 32.1 Å². The Morgan fingerprint density at radius 3 is 2.67 bits per heavy atom. The van der Waals surface area contributed by atoms with E-state index in [4.69, 9.17) is 5.73 Å². The van der Waals surface area contributed by atoms with E-state index >= 15 is 0 Å². The zero-order chi connectivity index (χ0) is 15.6. The molecule has 2 aromatic rings. The van der Waals surface area contributed by atoms with E-state index in [1.54, 1.807) is 24.2 Å². The van der Waals surface area contributed by atoms with Gasteiger partial charge in [-0.2, -0.15) is 4.68 Å². The van der Waals surface area contributed by atoms with Crippen molar-refractivity contribution < 1.29 is 8.42 Å². The highest BCUT2D eigenvalue weighted by Gasteiger charge is 2.27. The molecule has 0 saturated carbocycles. The first kappa shape index (κ1) is 15.2. The summed E-state index contributed by atoms with van der Waals surface area (Å²) in [7, 11) is -1.73. The molecule has 0 amide bonds. The molecule has 0 aromatic carbocycles. The molecule has 0 radical (unpaired) electrons. The second-order valence-corrected chi connectivity index (χ2v) is 6.66. The quantitative estimate of drug-likeness (QED) is 0.856. The van der Waals surface area contributed by atoms with E-state index in [0.717, 1.165) is 12.7 Å². The van der Waals surface area contributed by atoms with Gasteiger partial charge in [0.2, 0.25) is 0 Å². The molecule has 2 heterocycles. The summed E-state index contributed by atoms with van der Waals surface area (Å²) in [5.41, 5.74) is 5.99. The van der Waals surface area contributed by atoms with Crippen molar-refractivity contribution in [2.75, 3.05) is 30.5 Å². The van der Waals surface area contributed by atoms with Gasteiger partial charge in [0.25, 0.3) is 0 Å². The van der Waals surface area contributed by atoms with Crippen molar-refractivity contribution in [3.63, 3.8) is 0 Å². The maximum absolute atomic E-state index is 12.0. The van der Waals surface area contributed by atoms with Crippen LogP contribution >= 0.6 is 0 Å². The summed E-state index contributed by atoms with van der Waals surface area (Å²) in [6.07, 6.45) is 4.87. The van der Waals surface area contributed by atoms with Gasteiger partial charge in [0.1, 0.15) is 12.1 Å². The number of anilines is 2. The third kappa shape index (κ3) is 2.97. The fraction of sp³-hybridized carbons (Fsp3) is 0.417. The van der Waals surface area contributed by atoms with Crippen LogP contribution in [-0.2, 0) is 9.84 Å². The van der Waals surface area contributed by atoms with Crippen LogP contribution in [0.5, 0.6) is 0 Å². The summed E-state index contributed by atoms with van der Waals surface area (Å²) >= 11 is 0. The van der Waals surface area contributed by atoms with Crippen LogP contribution in [0.2, 0.25) is 0 Å². The lowest BCUT2D eigenvalue weighted by Gasteiger charge is -2.16. The van der Waals surface area contributed by atoms with E-state index in [2.05, 4.69) is 15.1 Å². The van der Waals surface area contributed by atoms with Crippen molar-refractivity contribution >= 4 is 21.5 Å². The molecule has 8 nitrogen and oxygen atoms in total. The van der Waals surface area contributed by atoms with Gasteiger partial charge >= 0.3 is 0 Å². The predicted molar refractivity (Wildman–Crippen MR) is 80.2 cm³/mol. The highest BCUT2D eigenvalue weighted by molar-refractivity contribution is 7.91. The second kappa shape index (κ2) is 5.68. The summed E-state index contributed by atoms with van der Waals surface area (Å²) in [5.74, 6) is 0.799. The molecule has 0 aliphatic carbocycles. The average Bonchev–Trinajstić information content (AvgIpc) is 2.77. The number of hydrogen-bond donors (Lipinski definition) is 1. The lowest BCUT2D eigenvalue weighted by atomic mass is 10.4. The summed E-state index contributed by atoms with van der Waals surface area (Å²) < 4.78 is 25.4. The van der Waals surface area contributed by atoms with Crippen molar-refractivity contribution in [2.45, 2.75) is 18.2 Å². The molecule has 0 spiro atoms. The molecule has 0 fully saturated rings. The fourth-order valence-electron chi connectivity index (χ4n) is 2.04. The third-order valence-electron chi connectivity index (χ3n) is 2.93. The van der Waals surface area contributed by atoms with Gasteiger partial charge in [-0.25, -0.2) is 18.4 Å². The topological polar surface area (TPSA) is 107 Å². The molecule has 0 bridgehead atoms. The van der Waals surface area contributed by atoms with E-state index in [-0.39, 0.29) is 10.7 Å². The Labute approximate surface area is 123 Å². The van der Waals surface area contributed by atoms with Crippen LogP contribution in [0.1, 0.15) is 13.3 Å². The summed E-state index contributed by atoms with van der Waals surface area (Å²) in [5, 5.41) is 4.31. The molecule has 2 aromatic heterocycles. The summed E-state index contributed by atoms with van der Waals surface area (Å²) in [6.45, 7) is 2.67. The van der Waals surface area contributed by atoms with Crippen LogP contribution in [0.25, 0.3) is 5.82 Å². The van der Waals surface area contributed by atoms with Crippen molar-refractivity contribution in [1.29, 1.82) is 0 Å². The Morgan fingerprint density at radius 1 is 1.43 bits per heavy atom. The number of sulfone groups is 1. The van der Waals surface area contributed by atoms with Gasteiger partial charge < -0.3 is 10.6 Å². The lowest BCUT2D eigenvalue weighted by Crippen LogP contribution is -2.20. The van der Waals surface area contributed by atoms with Crippen molar-refractivity contribution in [1.82, 2.24) is 19.7 Å². The molecule has 0 saturated heterocycles. The largest absolute Gasteiger partial charge is 0.382 e. The molecule has 2 rings (SSSR count).